The van der Waals surface area contributed by atoms with Crippen molar-refractivity contribution in [3.05, 3.63) is 70.2 Å². The van der Waals surface area contributed by atoms with Crippen LogP contribution in [0.15, 0.2) is 48.0 Å². The number of carbonyl (C=O) groups excluding carboxylic acids is 1. The van der Waals surface area contributed by atoms with Gasteiger partial charge in [0.15, 0.2) is 0 Å². The molecule has 3 atom stereocenters. The molecule has 0 spiro atoms. The number of pyridine rings is 1. The van der Waals surface area contributed by atoms with Gasteiger partial charge in [-0.3, -0.25) is 9.48 Å². The maximum absolute atomic E-state index is 14.0. The van der Waals surface area contributed by atoms with Gasteiger partial charge >= 0.3 is 0 Å². The van der Waals surface area contributed by atoms with E-state index in [1.54, 1.807) is 30.1 Å². The minimum Gasteiger partial charge on any atom is -0.474 e. The van der Waals surface area contributed by atoms with Crippen LogP contribution < -0.4 is 10.5 Å². The summed E-state index contributed by atoms with van der Waals surface area (Å²) in [5.41, 5.74) is 10.3. The Bertz CT molecular complexity index is 1520. The highest BCUT2D eigenvalue weighted by atomic mass is 32.1. The molecule has 1 amide bonds. The third-order valence-corrected chi connectivity index (χ3v) is 7.82. The van der Waals surface area contributed by atoms with E-state index in [2.05, 4.69) is 15.1 Å². The van der Waals surface area contributed by atoms with Gasteiger partial charge in [0.25, 0.3) is 5.91 Å². The molecule has 1 aliphatic carbocycles. The van der Waals surface area contributed by atoms with Gasteiger partial charge in [-0.2, -0.15) is 9.49 Å². The van der Waals surface area contributed by atoms with Crippen molar-refractivity contribution >= 4 is 17.2 Å². The number of rotatable bonds is 6. The van der Waals surface area contributed by atoms with E-state index < -0.39 is 10.7 Å². The summed E-state index contributed by atoms with van der Waals surface area (Å²) in [6.07, 6.45) is -0.0602. The smallest absolute Gasteiger partial charge is 0.272 e. The van der Waals surface area contributed by atoms with E-state index in [-0.39, 0.29) is 35.4 Å². The lowest BCUT2D eigenvalue weighted by Crippen LogP contribution is -2.34. The van der Waals surface area contributed by atoms with Crippen LogP contribution in [0.1, 0.15) is 29.9 Å². The van der Waals surface area contributed by atoms with E-state index in [0.29, 0.717) is 36.1 Å². The second-order valence-corrected chi connectivity index (χ2v) is 11.2. The van der Waals surface area contributed by atoms with Gasteiger partial charge in [0, 0.05) is 49.1 Å². The first kappa shape index (κ1) is 24.6. The van der Waals surface area contributed by atoms with Crippen molar-refractivity contribution in [3.63, 3.8) is 0 Å². The number of hydrogen-bond donors (Lipinski definition) is 1. The number of halogens is 2. The SMILES string of the molecule is Cn1nc(-c2ncsc2F)cc1C(=O)N1C[C@@H]2[C@H](C1)[C@@H]2Oc1cc(C(C)(C)N)cc(-c2ccc(F)cc2)n1. The molecule has 0 bridgehead atoms. The minimum atomic E-state index is -0.623. The molecule has 4 aromatic rings. The first-order valence-electron chi connectivity index (χ1n) is 12.2. The van der Waals surface area contributed by atoms with Crippen LogP contribution in [0.3, 0.4) is 0 Å². The predicted octanol–water partition coefficient (Wildman–Crippen LogP) is 4.23. The van der Waals surface area contributed by atoms with Crippen molar-refractivity contribution in [2.45, 2.75) is 25.5 Å². The van der Waals surface area contributed by atoms with Crippen molar-refractivity contribution in [3.8, 4) is 28.5 Å². The van der Waals surface area contributed by atoms with Crippen LogP contribution in [0.5, 0.6) is 5.88 Å². The van der Waals surface area contributed by atoms with E-state index in [9.17, 15) is 13.6 Å². The molecule has 0 unspecified atom stereocenters. The summed E-state index contributed by atoms with van der Waals surface area (Å²) in [5, 5.41) is 3.85. The van der Waals surface area contributed by atoms with Crippen LogP contribution in [0.4, 0.5) is 8.78 Å². The van der Waals surface area contributed by atoms with Crippen molar-refractivity contribution in [2.75, 3.05) is 13.1 Å². The van der Waals surface area contributed by atoms with Gasteiger partial charge in [-0.15, -0.1) is 0 Å². The van der Waals surface area contributed by atoms with Crippen LogP contribution in [-0.2, 0) is 12.6 Å². The molecule has 2 fully saturated rings. The number of piperidine rings is 1. The number of hydrogen-bond acceptors (Lipinski definition) is 7. The van der Waals surface area contributed by atoms with Crippen LogP contribution in [0.2, 0.25) is 0 Å². The second kappa shape index (κ2) is 8.95. The number of nitrogens with zero attached hydrogens (tertiary/aromatic N) is 5. The van der Waals surface area contributed by atoms with E-state index in [4.69, 9.17) is 10.5 Å². The zero-order chi connectivity index (χ0) is 26.8. The molecule has 1 saturated heterocycles. The molecular weight excluding hydrogens is 510 g/mol. The lowest BCUT2D eigenvalue weighted by Gasteiger charge is -2.22. The standard InChI is InChI=1S/C27H26F2N6O2S/c1-27(2,30)15-8-19(14-4-6-16(28)7-5-14)32-22(9-15)37-24-17-11-35(12-18(17)24)26(36)21-10-20(33-34(21)3)23-25(29)38-13-31-23/h4-10,13,17-18,24H,11-12,30H2,1-3H3/t17-,18+,24-. The maximum Gasteiger partial charge on any atom is 0.272 e. The third kappa shape index (κ3) is 4.45. The lowest BCUT2D eigenvalue weighted by molar-refractivity contribution is 0.0740. The number of thiazole rings is 1. The highest BCUT2D eigenvalue weighted by Gasteiger charge is 2.59. The van der Waals surface area contributed by atoms with Gasteiger partial charge in [-0.1, -0.05) is 11.3 Å². The second-order valence-electron chi connectivity index (χ2n) is 10.4. The van der Waals surface area contributed by atoms with Gasteiger partial charge in [-0.25, -0.2) is 14.4 Å². The highest BCUT2D eigenvalue weighted by molar-refractivity contribution is 7.08. The van der Waals surface area contributed by atoms with E-state index >= 15 is 0 Å². The summed E-state index contributed by atoms with van der Waals surface area (Å²) in [5.74, 6) is 0.361. The largest absolute Gasteiger partial charge is 0.474 e. The Hall–Kier alpha value is -3.70. The van der Waals surface area contributed by atoms with Gasteiger partial charge in [0.05, 0.1) is 11.2 Å². The summed E-state index contributed by atoms with van der Waals surface area (Å²) in [6.45, 7) is 4.91. The maximum atomic E-state index is 14.0. The van der Waals surface area contributed by atoms with Gasteiger partial charge in [0.2, 0.25) is 11.0 Å². The summed E-state index contributed by atoms with van der Waals surface area (Å²) in [7, 11) is 1.67. The third-order valence-electron chi connectivity index (χ3n) is 7.21. The average molecular weight is 537 g/mol. The van der Waals surface area contributed by atoms with E-state index in [1.165, 1.54) is 22.3 Å². The molecule has 2 N–H and O–H groups in total. The molecule has 0 radical (unpaired) electrons. The lowest BCUT2D eigenvalue weighted by atomic mass is 9.95. The molecule has 3 aromatic heterocycles. The van der Waals surface area contributed by atoms with E-state index in [1.807, 2.05) is 26.0 Å². The van der Waals surface area contributed by atoms with E-state index in [0.717, 1.165) is 22.5 Å². The molecule has 1 aromatic carbocycles. The zero-order valence-corrected chi connectivity index (χ0v) is 21.9. The van der Waals surface area contributed by atoms with Crippen molar-refractivity contribution in [1.82, 2.24) is 24.6 Å². The first-order chi connectivity index (χ1) is 18.1. The molecule has 38 heavy (non-hydrogen) atoms. The fourth-order valence-corrected chi connectivity index (χ4v) is 5.52. The molecule has 6 rings (SSSR count). The topological polar surface area (TPSA) is 99.2 Å². The summed E-state index contributed by atoms with van der Waals surface area (Å²) < 4.78 is 35.2. The summed E-state index contributed by atoms with van der Waals surface area (Å²) in [6, 6.07) is 11.5. The monoisotopic (exact) mass is 536 g/mol. The normalized spacial score (nSPS) is 20.5. The molecule has 196 valence electrons. The zero-order valence-electron chi connectivity index (χ0n) is 21.1. The van der Waals surface area contributed by atoms with Crippen LogP contribution >= 0.6 is 11.3 Å². The highest BCUT2D eigenvalue weighted by Crippen LogP contribution is 2.48. The predicted molar refractivity (Wildman–Crippen MR) is 138 cm³/mol. The molecule has 11 heteroatoms. The Morgan fingerprint density at radius 1 is 1.11 bits per heavy atom. The number of benzene rings is 1. The molecule has 4 heterocycles. The molecular formula is C27H26F2N6O2S. The average Bonchev–Trinajstić information content (AvgIpc) is 3.30. The summed E-state index contributed by atoms with van der Waals surface area (Å²) in [4.78, 5) is 23.7. The number of aryl methyl sites for hydroxylation is 1. The van der Waals surface area contributed by atoms with Crippen LogP contribution in [0.25, 0.3) is 22.6 Å². The quantitative estimate of drug-likeness (QED) is 0.396. The Morgan fingerprint density at radius 2 is 1.82 bits per heavy atom. The Kier molecular flexibility index (Phi) is 5.80. The fourth-order valence-electron chi connectivity index (χ4n) is 5.00. The summed E-state index contributed by atoms with van der Waals surface area (Å²) >= 11 is 0.894. The number of ether oxygens (including phenoxy) is 1. The van der Waals surface area contributed by atoms with Crippen molar-refractivity contribution in [1.29, 1.82) is 0 Å². The molecule has 2 aliphatic rings. The number of amides is 1. The Labute approximate surface area is 222 Å². The number of carbonyl (C=O) groups is 1. The Morgan fingerprint density at radius 3 is 2.45 bits per heavy atom. The van der Waals surface area contributed by atoms with Crippen LogP contribution in [-0.4, -0.2) is 49.7 Å². The number of likely N-dealkylation sites (tertiary alicyclic amines) is 1. The first-order valence-corrected chi connectivity index (χ1v) is 13.1. The fraction of sp³-hybridized carbons (Fsp3) is 0.333. The molecule has 1 saturated carbocycles. The van der Waals surface area contributed by atoms with Gasteiger partial charge in [0.1, 0.15) is 29.0 Å². The molecule has 1 aliphatic heterocycles. The number of aromatic nitrogens is 4. The van der Waals surface area contributed by atoms with Crippen molar-refractivity contribution < 1.29 is 18.3 Å². The van der Waals surface area contributed by atoms with Crippen molar-refractivity contribution in [2.24, 2.45) is 24.6 Å². The van der Waals surface area contributed by atoms with Crippen LogP contribution in [0, 0.1) is 22.8 Å². The number of nitrogens with two attached hydrogens (primary N) is 1. The van der Waals surface area contributed by atoms with Gasteiger partial charge in [-0.05, 0) is 55.8 Å². The number of fused-ring (bicyclic) bond motifs is 1. The minimum absolute atomic E-state index is 0.0602. The molecule has 8 nitrogen and oxygen atoms in total. The Balaban J connectivity index is 1.16. The van der Waals surface area contributed by atoms with Gasteiger partial charge < -0.3 is 15.4 Å².